The second kappa shape index (κ2) is 44.9. The summed E-state index contributed by atoms with van der Waals surface area (Å²) < 4.78 is 118. The van der Waals surface area contributed by atoms with Gasteiger partial charge in [-0.2, -0.15) is 106 Å². The van der Waals surface area contributed by atoms with Crippen LogP contribution in [0.4, 0.5) is 0 Å². The molecule has 0 aromatic heterocycles. The summed E-state index contributed by atoms with van der Waals surface area (Å²) in [5.74, 6) is -3.61. The summed E-state index contributed by atoms with van der Waals surface area (Å²) in [6.45, 7) is 4.03. The summed E-state index contributed by atoms with van der Waals surface area (Å²) >= 11 is 0. The maximum atomic E-state index is 13.2. The summed E-state index contributed by atoms with van der Waals surface area (Å²) in [7, 11) is -18.9. The number of nitrogens with zero attached hydrogens (tertiary/aromatic N) is 6. The highest BCUT2D eigenvalue weighted by Gasteiger charge is 2.59. The number of rotatable bonds is 33. The molecule has 2 spiro atoms. The third-order valence-corrected chi connectivity index (χ3v) is 26.3. The van der Waals surface area contributed by atoms with Crippen LogP contribution in [0.2, 0.25) is 25.3 Å². The van der Waals surface area contributed by atoms with Gasteiger partial charge in [-0.3, -0.25) is 9.59 Å². The van der Waals surface area contributed by atoms with Crippen molar-refractivity contribution in [3.63, 3.8) is 0 Å². The van der Waals surface area contributed by atoms with Gasteiger partial charge in [0.05, 0.1) is 18.8 Å². The number of nitrogens with two attached hydrogens (primary N) is 6. The van der Waals surface area contributed by atoms with Crippen LogP contribution in [0.3, 0.4) is 0 Å². The average molecular weight is 1600 g/mol. The van der Waals surface area contributed by atoms with Crippen molar-refractivity contribution in [1.82, 2.24) is 45.9 Å². The molecule has 0 amide bonds. The van der Waals surface area contributed by atoms with Gasteiger partial charge in [0.15, 0.2) is 0 Å². The Morgan fingerprint density at radius 1 is 0.573 bits per heavy atom. The predicted octanol–water partition coefficient (Wildman–Crippen LogP) is -11.7. The van der Waals surface area contributed by atoms with E-state index in [1.165, 1.54) is 32.9 Å². The molecule has 0 aromatic rings. The van der Waals surface area contributed by atoms with Crippen molar-refractivity contribution < 1.29 is 123 Å². The summed E-state index contributed by atoms with van der Waals surface area (Å²) in [5, 5.41) is 105. The van der Waals surface area contributed by atoms with Crippen LogP contribution in [0.25, 0.3) is 0 Å². The molecule has 8 saturated heterocycles. The number of ether oxygens (including phenoxy) is 1. The summed E-state index contributed by atoms with van der Waals surface area (Å²) in [6.07, 6.45) is 8.60. The van der Waals surface area contributed by atoms with Gasteiger partial charge in [0.25, 0.3) is 40.8 Å². The molecule has 8 heterocycles. The molecule has 0 aliphatic carbocycles. The van der Waals surface area contributed by atoms with E-state index in [4.69, 9.17) is 104 Å². The Morgan fingerprint density at radius 2 is 0.961 bits per heavy atom. The van der Waals surface area contributed by atoms with E-state index in [0.29, 0.717) is 97.2 Å². The van der Waals surface area contributed by atoms with Crippen LogP contribution in [0.5, 0.6) is 0 Å². The molecule has 598 valence electrons. The second-order valence-corrected chi connectivity index (χ2v) is 34.2. The number of methoxy groups -OCH3 is 1. The first-order valence-corrected chi connectivity index (χ1v) is 38.8. The number of aliphatic carboxylic acids is 2. The molecule has 8 fully saturated rings. The molecule has 0 unspecified atom stereocenters. The fourth-order valence-electron chi connectivity index (χ4n) is 13.5. The van der Waals surface area contributed by atoms with E-state index < -0.39 is 122 Å². The van der Waals surface area contributed by atoms with Gasteiger partial charge >= 0.3 is 52.7 Å². The van der Waals surface area contributed by atoms with Gasteiger partial charge in [-0.05, 0) is 95.0 Å². The van der Waals surface area contributed by atoms with Crippen molar-refractivity contribution in [2.45, 2.75) is 149 Å². The minimum Gasteiger partial charge on any atom is -0.480 e. The SMILES string of the molecule is COC[C@@H](N)CNS(=O)(=O)N1C[C@H](CCCB(O)O)[C@@H](N)C1.N[C@@]1(C(=O)O)CN(S(=O)(=O)N2CC3(CCCN3)C2)C[C@@H]1CCCB(O)O.N[C@@]1(C(=O)O)CN(S(=O)(=O)N2CCCC23CNC3)C[C@@H]1CCCB(O)O.N[C@H](CO)CNS(=O)(=O)N1C[C@H](CCCB(O)O)[C@@H](N)C1.O=C=O.O=C=O.S.S. The number of nitrogens with one attached hydrogen (secondary N) is 4. The first-order chi connectivity index (χ1) is 47.1. The number of carbonyl (C=O) groups excluding carboxylic acids is 4. The van der Waals surface area contributed by atoms with Gasteiger partial charge in [-0.1, -0.05) is 25.7 Å². The molecule has 8 aliphatic heterocycles. The number of aliphatic hydroxyl groups is 1. The number of carboxylic acids is 2. The first kappa shape index (κ1) is 98.4. The minimum absolute atomic E-state index is 0. The Labute approximate surface area is 617 Å². The zero-order chi connectivity index (χ0) is 76.5. The molecule has 8 rings (SSSR count). The predicted molar refractivity (Wildman–Crippen MR) is 383 cm³/mol. The highest BCUT2D eigenvalue weighted by Crippen LogP contribution is 2.41. The Balaban J connectivity index is 0.000000667. The molecule has 0 saturated carbocycles. The van der Waals surface area contributed by atoms with Gasteiger partial charge in [0, 0.05) is 147 Å². The maximum absolute atomic E-state index is 13.2. The lowest BCUT2D eigenvalue weighted by atomic mass is 9.78. The van der Waals surface area contributed by atoms with Gasteiger partial charge in [0.2, 0.25) is 0 Å². The van der Waals surface area contributed by atoms with E-state index in [1.54, 1.807) is 0 Å². The fraction of sp³-hybridized carbons (Fsp3) is 0.922. The highest BCUT2D eigenvalue weighted by molar-refractivity contribution is 7.87. The minimum atomic E-state index is -3.80. The zero-order valence-corrected chi connectivity index (χ0v) is 63.1. The third-order valence-electron chi connectivity index (χ3n) is 19.3. The van der Waals surface area contributed by atoms with Gasteiger partial charge in [0.1, 0.15) is 11.1 Å². The fourth-order valence-corrected chi connectivity index (χ4v) is 20.2. The largest absolute Gasteiger partial charge is 0.480 e. The van der Waals surface area contributed by atoms with Crippen molar-refractivity contribution in [3.05, 3.63) is 0 Å². The van der Waals surface area contributed by atoms with Crippen molar-refractivity contribution in [3.8, 4) is 0 Å². The van der Waals surface area contributed by atoms with Crippen LogP contribution in [0, 0.1) is 23.7 Å². The van der Waals surface area contributed by atoms with E-state index in [1.807, 2.05) is 0 Å². The monoisotopic (exact) mass is 1600 g/mol. The topological polar surface area (TPSA) is 694 Å². The molecule has 0 aromatic carbocycles. The lowest BCUT2D eigenvalue weighted by molar-refractivity contribution is -0.193. The lowest BCUT2D eigenvalue weighted by Crippen LogP contribution is -2.69. The van der Waals surface area contributed by atoms with Crippen LogP contribution in [0.1, 0.15) is 77.0 Å². The molecule has 52 heteroatoms. The number of hydrogen-bond acceptors (Lipinski definition) is 32. The Hall–Kier alpha value is -2.58. The van der Waals surface area contributed by atoms with Crippen LogP contribution >= 0.6 is 27.0 Å². The second-order valence-electron chi connectivity index (χ2n) is 26.9. The van der Waals surface area contributed by atoms with Crippen molar-refractivity contribution in [2.75, 3.05) is 125 Å². The van der Waals surface area contributed by atoms with E-state index in [9.17, 15) is 53.5 Å². The van der Waals surface area contributed by atoms with Gasteiger partial charge in [-0.15, -0.1) is 0 Å². The van der Waals surface area contributed by atoms with Gasteiger partial charge < -0.3 is 105 Å². The van der Waals surface area contributed by atoms with Crippen LogP contribution in [-0.2, 0) is 74.3 Å². The highest BCUT2D eigenvalue weighted by atomic mass is 32.2. The molecule has 0 radical (unpaired) electrons. The van der Waals surface area contributed by atoms with Crippen molar-refractivity contribution in [2.24, 2.45) is 58.1 Å². The van der Waals surface area contributed by atoms with Crippen molar-refractivity contribution in [1.29, 1.82) is 0 Å². The van der Waals surface area contributed by atoms with Crippen LogP contribution in [-0.4, -0.2) is 339 Å². The number of carbonyl (C=O) groups is 2. The molecule has 8 aliphatic rings. The summed E-state index contributed by atoms with van der Waals surface area (Å²) in [5.41, 5.74) is 31.4. The maximum Gasteiger partial charge on any atom is 0.451 e. The molecule has 0 bridgehead atoms. The van der Waals surface area contributed by atoms with E-state index in [-0.39, 0.29) is 160 Å². The first-order valence-electron chi connectivity index (χ1n) is 33.1. The molecule has 10 atom stereocenters. The number of hydrogen-bond donors (Lipinski definition) is 21. The summed E-state index contributed by atoms with van der Waals surface area (Å²) in [4.78, 5) is 55.9. The molecule has 42 nitrogen and oxygen atoms in total. The van der Waals surface area contributed by atoms with E-state index in [0.717, 1.165) is 32.2 Å². The normalized spacial score (nSPS) is 26.7. The molecule has 27 N–H and O–H groups in total. The quantitative estimate of drug-likeness (QED) is 0.0271. The number of carboxylic acid groups (broad SMARTS) is 2. The van der Waals surface area contributed by atoms with Crippen LogP contribution < -0.4 is 54.5 Å². The molecular formula is C51H110B4N16O26S6. The Bertz CT molecular complexity index is 3090. The van der Waals surface area contributed by atoms with Crippen LogP contribution in [0.15, 0.2) is 0 Å². The van der Waals surface area contributed by atoms with E-state index >= 15 is 0 Å². The lowest BCUT2D eigenvalue weighted by Gasteiger charge is -2.48. The standard InChI is InChI=1S/2C14H27BN4O6S.C11H27BN4O5S.C10H25BN4O5S.2CO2.2H2S/c16-14(12(20)21)10-18(7-11(14)3-1-5-15(22)23)26(24,25)19-6-2-4-13(19)8-17-9-13;16-14(12(20)21)10-18(7-11(14)3-1-5-15(22)23)26(24,25)19-8-13(9-19)4-2-6-17-13;1-21-8-10(13)5-15-22(19,20)16-6-9(11(14)7-16)3-2-4-12(17)18;12-9(7-16)4-14-21(19,20)15-5-8(10(13)6-15)2-1-3-11(17)18;2*2-1-3;;/h2*11,17,22-23H,1-10,16H2,(H,20,21);9-11,15,17-18H,2-8,13-14H2,1H3;8-10,14,16-18H,1-7,12-13H2;;;2*1H2/t2*11-,14-;9-,10-,11-;8-,9-,10-;;;;/m0000..../s1. The van der Waals surface area contributed by atoms with Gasteiger partial charge in [-0.25, -0.2) is 9.44 Å². The van der Waals surface area contributed by atoms with E-state index in [2.05, 4.69) is 20.1 Å². The number of aliphatic hydroxyl groups excluding tert-OH is 1. The Kier molecular flexibility index (Phi) is 42.9. The average Bonchev–Trinajstić information content (AvgIpc) is 1.45. The summed E-state index contributed by atoms with van der Waals surface area (Å²) in [6, 6.07) is -1.57. The van der Waals surface area contributed by atoms with Crippen molar-refractivity contribution >= 4 is 121 Å². The zero-order valence-electron chi connectivity index (χ0n) is 57.8. The third kappa shape index (κ3) is 29.0. The Morgan fingerprint density at radius 3 is 1.30 bits per heavy atom. The smallest absolute Gasteiger partial charge is 0.451 e. The molecular weight excluding hydrogens is 1490 g/mol. The molecule has 103 heavy (non-hydrogen) atoms.